The zero-order chi connectivity index (χ0) is 23.4. The highest BCUT2D eigenvalue weighted by molar-refractivity contribution is 5.89. The number of urea groups is 1. The van der Waals surface area contributed by atoms with Crippen LogP contribution in [0.25, 0.3) is 5.65 Å². The second kappa shape index (κ2) is 9.40. The van der Waals surface area contributed by atoms with Crippen LogP contribution in [0.5, 0.6) is 5.75 Å². The first-order valence-corrected chi connectivity index (χ1v) is 11.0. The van der Waals surface area contributed by atoms with Crippen LogP contribution in [0.3, 0.4) is 0 Å². The van der Waals surface area contributed by atoms with E-state index >= 15 is 0 Å². The number of carbonyl (C=O) groups excluding carboxylic acids is 2. The van der Waals surface area contributed by atoms with Crippen LogP contribution >= 0.6 is 0 Å². The number of hydrogen-bond acceptors (Lipinski definition) is 5. The Morgan fingerprint density at radius 2 is 1.94 bits per heavy atom. The van der Waals surface area contributed by atoms with Crippen molar-refractivity contribution in [1.29, 1.82) is 0 Å². The summed E-state index contributed by atoms with van der Waals surface area (Å²) in [5.74, 6) is 0.620. The van der Waals surface area contributed by atoms with Gasteiger partial charge in [-0.3, -0.25) is 4.90 Å². The lowest BCUT2D eigenvalue weighted by Gasteiger charge is -2.28. The van der Waals surface area contributed by atoms with Crippen molar-refractivity contribution in [2.75, 3.05) is 11.9 Å². The average molecular weight is 452 g/mol. The van der Waals surface area contributed by atoms with Crippen LogP contribution in [0.2, 0.25) is 0 Å². The highest BCUT2D eigenvalue weighted by Crippen LogP contribution is 2.25. The summed E-state index contributed by atoms with van der Waals surface area (Å²) in [6.45, 7) is 6.52. The summed E-state index contributed by atoms with van der Waals surface area (Å²) in [5.41, 5.74) is 1.87. The standard InChI is InChI=1S/C24H29N5O4/c1-24(2,3)33-23(31)29-12-4-5-21(29)32-19-8-6-18(7-9-19)27-22(30)26-16-17-10-13-28-14-11-25-20(28)15-17/h6-11,13-15,21H,4-5,12,16H2,1-3H3,(H2,26,27,30). The summed E-state index contributed by atoms with van der Waals surface area (Å²) in [4.78, 5) is 30.5. The fourth-order valence-corrected chi connectivity index (χ4v) is 3.58. The Morgan fingerprint density at radius 3 is 2.70 bits per heavy atom. The van der Waals surface area contributed by atoms with Gasteiger partial charge in [-0.1, -0.05) is 0 Å². The fraction of sp³-hybridized carbons (Fsp3) is 0.375. The maximum atomic E-state index is 12.4. The number of ether oxygens (including phenoxy) is 2. The number of nitrogens with one attached hydrogen (secondary N) is 2. The molecular formula is C24H29N5O4. The van der Waals surface area contributed by atoms with Crippen molar-refractivity contribution in [2.45, 2.75) is 52.0 Å². The lowest BCUT2D eigenvalue weighted by molar-refractivity contribution is -0.00509. The summed E-state index contributed by atoms with van der Waals surface area (Å²) < 4.78 is 13.4. The minimum absolute atomic E-state index is 0.307. The normalized spacial score (nSPS) is 16.0. The van der Waals surface area contributed by atoms with Crippen LogP contribution in [-0.4, -0.2) is 44.8 Å². The smallest absolute Gasteiger partial charge is 0.413 e. The van der Waals surface area contributed by atoms with Crippen LogP contribution in [0, 0.1) is 0 Å². The summed E-state index contributed by atoms with van der Waals surface area (Å²) in [5, 5.41) is 5.65. The number of likely N-dealkylation sites (tertiary alicyclic amines) is 1. The third-order valence-electron chi connectivity index (χ3n) is 5.13. The third-order valence-corrected chi connectivity index (χ3v) is 5.13. The molecule has 0 aliphatic carbocycles. The van der Waals surface area contributed by atoms with Gasteiger partial charge in [-0.2, -0.15) is 0 Å². The van der Waals surface area contributed by atoms with E-state index in [9.17, 15) is 9.59 Å². The van der Waals surface area contributed by atoms with Crippen LogP contribution in [-0.2, 0) is 11.3 Å². The molecule has 0 radical (unpaired) electrons. The zero-order valence-electron chi connectivity index (χ0n) is 19.1. The van der Waals surface area contributed by atoms with Gasteiger partial charge in [-0.05, 0) is 69.2 Å². The van der Waals surface area contributed by atoms with Gasteiger partial charge in [0.1, 0.15) is 17.0 Å². The molecule has 2 N–H and O–H groups in total. The second-order valence-electron chi connectivity index (χ2n) is 8.95. The average Bonchev–Trinajstić information content (AvgIpc) is 3.41. The predicted octanol–water partition coefficient (Wildman–Crippen LogP) is 4.39. The van der Waals surface area contributed by atoms with Gasteiger partial charge >= 0.3 is 12.1 Å². The molecule has 4 rings (SSSR count). The predicted molar refractivity (Wildman–Crippen MR) is 124 cm³/mol. The molecule has 1 unspecified atom stereocenters. The number of aromatic nitrogens is 2. The van der Waals surface area contributed by atoms with Gasteiger partial charge in [0.2, 0.25) is 0 Å². The molecule has 1 aliphatic rings. The lowest BCUT2D eigenvalue weighted by Crippen LogP contribution is -2.42. The minimum Gasteiger partial charge on any atom is -0.470 e. The summed E-state index contributed by atoms with van der Waals surface area (Å²) >= 11 is 0. The fourth-order valence-electron chi connectivity index (χ4n) is 3.58. The van der Waals surface area contributed by atoms with Gasteiger partial charge in [0.05, 0.1) is 0 Å². The van der Waals surface area contributed by atoms with Crippen molar-refractivity contribution in [3.8, 4) is 5.75 Å². The van der Waals surface area contributed by atoms with Crippen molar-refractivity contribution in [2.24, 2.45) is 0 Å². The Kier molecular flexibility index (Phi) is 6.39. The summed E-state index contributed by atoms with van der Waals surface area (Å²) in [7, 11) is 0. The number of benzene rings is 1. The topological polar surface area (TPSA) is 97.2 Å². The molecule has 2 aromatic heterocycles. The number of carbonyl (C=O) groups is 2. The number of pyridine rings is 1. The second-order valence-corrected chi connectivity index (χ2v) is 8.95. The largest absolute Gasteiger partial charge is 0.470 e. The number of nitrogens with zero attached hydrogens (tertiary/aromatic N) is 3. The molecule has 1 saturated heterocycles. The van der Waals surface area contributed by atoms with Gasteiger partial charge in [-0.15, -0.1) is 0 Å². The van der Waals surface area contributed by atoms with E-state index in [0.29, 0.717) is 24.5 Å². The maximum absolute atomic E-state index is 12.4. The molecule has 0 saturated carbocycles. The molecule has 3 amide bonds. The molecular weight excluding hydrogens is 422 g/mol. The van der Waals surface area contributed by atoms with Crippen LogP contribution in [0.1, 0.15) is 39.2 Å². The first kappa shape index (κ1) is 22.4. The number of imidazole rings is 1. The maximum Gasteiger partial charge on any atom is 0.413 e. The molecule has 1 fully saturated rings. The summed E-state index contributed by atoms with van der Waals surface area (Å²) in [6.07, 6.45) is 6.37. The molecule has 9 heteroatoms. The lowest BCUT2D eigenvalue weighted by atomic mass is 10.2. The highest BCUT2D eigenvalue weighted by atomic mass is 16.6. The van der Waals surface area contributed by atoms with E-state index < -0.39 is 5.60 Å². The van der Waals surface area contributed by atoms with Crippen LogP contribution in [0.4, 0.5) is 15.3 Å². The SMILES string of the molecule is CC(C)(C)OC(=O)N1CCCC1Oc1ccc(NC(=O)NCc2ccn3ccnc3c2)cc1. The Labute approximate surface area is 192 Å². The first-order chi connectivity index (χ1) is 15.8. The quantitative estimate of drug-likeness (QED) is 0.600. The zero-order valence-corrected chi connectivity index (χ0v) is 19.1. The molecule has 3 heterocycles. The number of anilines is 1. The van der Waals surface area contributed by atoms with E-state index in [1.165, 1.54) is 0 Å². The highest BCUT2D eigenvalue weighted by Gasteiger charge is 2.33. The van der Waals surface area contributed by atoms with Crippen molar-refractivity contribution < 1.29 is 19.1 Å². The van der Waals surface area contributed by atoms with Crippen molar-refractivity contribution in [3.63, 3.8) is 0 Å². The Bertz CT molecular complexity index is 1120. The van der Waals surface area contributed by atoms with Gasteiger partial charge in [0.15, 0.2) is 6.23 Å². The molecule has 174 valence electrons. The van der Waals surface area contributed by atoms with Crippen molar-refractivity contribution in [3.05, 3.63) is 60.6 Å². The number of hydrogen-bond donors (Lipinski definition) is 2. The number of fused-ring (bicyclic) bond motifs is 1. The molecule has 3 aromatic rings. The number of rotatable bonds is 5. The van der Waals surface area contributed by atoms with Gasteiger partial charge in [0.25, 0.3) is 0 Å². The first-order valence-electron chi connectivity index (χ1n) is 11.0. The Balaban J connectivity index is 1.27. The Hall–Kier alpha value is -3.75. The van der Waals surface area contributed by atoms with Crippen LogP contribution < -0.4 is 15.4 Å². The number of amides is 3. The van der Waals surface area contributed by atoms with E-state index in [1.807, 2.05) is 49.7 Å². The molecule has 0 bridgehead atoms. The summed E-state index contributed by atoms with van der Waals surface area (Å²) in [6, 6.07) is 10.6. The molecule has 0 spiro atoms. The van der Waals surface area contributed by atoms with E-state index in [2.05, 4.69) is 15.6 Å². The molecule has 33 heavy (non-hydrogen) atoms. The van der Waals surface area contributed by atoms with E-state index in [0.717, 1.165) is 24.1 Å². The van der Waals surface area contributed by atoms with E-state index in [1.54, 1.807) is 35.4 Å². The van der Waals surface area contributed by atoms with Crippen molar-refractivity contribution >= 4 is 23.5 Å². The third kappa shape index (κ3) is 5.94. The molecule has 1 aromatic carbocycles. The Morgan fingerprint density at radius 1 is 1.15 bits per heavy atom. The van der Waals surface area contributed by atoms with E-state index in [-0.39, 0.29) is 18.4 Å². The molecule has 1 atom stereocenters. The minimum atomic E-state index is -0.551. The molecule has 1 aliphatic heterocycles. The monoisotopic (exact) mass is 451 g/mol. The van der Waals surface area contributed by atoms with Gasteiger partial charge < -0.3 is 24.5 Å². The van der Waals surface area contributed by atoms with Crippen molar-refractivity contribution in [1.82, 2.24) is 19.6 Å². The van der Waals surface area contributed by atoms with Gasteiger partial charge in [0, 0.05) is 43.8 Å². The van der Waals surface area contributed by atoms with E-state index in [4.69, 9.17) is 9.47 Å². The van der Waals surface area contributed by atoms with Gasteiger partial charge in [-0.25, -0.2) is 14.6 Å². The van der Waals surface area contributed by atoms with Crippen LogP contribution in [0.15, 0.2) is 55.0 Å². The molecule has 9 nitrogen and oxygen atoms in total.